The van der Waals surface area contributed by atoms with Crippen LogP contribution in [0.3, 0.4) is 0 Å². The van der Waals surface area contributed by atoms with Crippen molar-refractivity contribution in [3.05, 3.63) is 53.6 Å². The Hall–Kier alpha value is -2.53. The molecule has 2 N–H and O–H groups in total. The van der Waals surface area contributed by atoms with Crippen molar-refractivity contribution in [2.24, 2.45) is 0 Å². The first-order valence-corrected chi connectivity index (χ1v) is 7.92. The lowest BCUT2D eigenvalue weighted by molar-refractivity contribution is -0.114. The summed E-state index contributed by atoms with van der Waals surface area (Å²) in [6, 6.07) is 13.8. The van der Waals surface area contributed by atoms with Crippen LogP contribution in [-0.2, 0) is 16.1 Å². The Balaban J connectivity index is 2.04. The first kappa shape index (κ1) is 17.8. The maximum atomic E-state index is 11.3. The van der Waals surface area contributed by atoms with Crippen LogP contribution in [0.15, 0.2) is 42.5 Å². The summed E-state index contributed by atoms with van der Waals surface area (Å²) in [5, 5.41) is 6.21. The molecule has 24 heavy (non-hydrogen) atoms. The van der Waals surface area contributed by atoms with Crippen LogP contribution in [0.4, 0.5) is 11.4 Å². The fourth-order valence-electron chi connectivity index (χ4n) is 2.28. The van der Waals surface area contributed by atoms with Crippen LogP contribution < -0.4 is 15.4 Å². The number of rotatable bonds is 8. The molecule has 0 aromatic heterocycles. The first-order chi connectivity index (χ1) is 11.6. The Kier molecular flexibility index (Phi) is 6.63. The number of para-hydroxylation sites is 1. The van der Waals surface area contributed by atoms with Gasteiger partial charge in [0.25, 0.3) is 0 Å². The minimum Gasteiger partial charge on any atom is -0.491 e. The van der Waals surface area contributed by atoms with Crippen LogP contribution >= 0.6 is 0 Å². The lowest BCUT2D eigenvalue weighted by Gasteiger charge is -2.14. The molecule has 2 aromatic rings. The average Bonchev–Trinajstić information content (AvgIpc) is 2.56. The number of anilines is 2. The van der Waals surface area contributed by atoms with Gasteiger partial charge >= 0.3 is 0 Å². The molecule has 0 saturated heterocycles. The van der Waals surface area contributed by atoms with Gasteiger partial charge in [0.15, 0.2) is 0 Å². The van der Waals surface area contributed by atoms with E-state index in [4.69, 9.17) is 9.47 Å². The molecule has 5 nitrogen and oxygen atoms in total. The van der Waals surface area contributed by atoms with Crippen LogP contribution in [0, 0.1) is 6.92 Å². The molecule has 0 saturated carbocycles. The number of nitrogens with one attached hydrogen (secondary N) is 2. The number of aryl methyl sites for hydroxylation is 1. The zero-order valence-electron chi connectivity index (χ0n) is 14.4. The van der Waals surface area contributed by atoms with Crippen molar-refractivity contribution in [1.29, 1.82) is 0 Å². The number of amides is 1. The highest BCUT2D eigenvalue weighted by Crippen LogP contribution is 2.23. The third-order valence-corrected chi connectivity index (χ3v) is 3.55. The average molecular weight is 328 g/mol. The van der Waals surface area contributed by atoms with E-state index in [9.17, 15) is 4.79 Å². The normalized spacial score (nSPS) is 10.3. The minimum absolute atomic E-state index is 0.0767. The van der Waals surface area contributed by atoms with Gasteiger partial charge in [0.2, 0.25) is 5.91 Å². The number of carbonyl (C=O) groups is 1. The summed E-state index contributed by atoms with van der Waals surface area (Å²) in [4.78, 5) is 11.3. The number of benzene rings is 2. The quantitative estimate of drug-likeness (QED) is 0.727. The Morgan fingerprint density at radius 3 is 2.67 bits per heavy atom. The smallest absolute Gasteiger partial charge is 0.221 e. The molecule has 0 radical (unpaired) electrons. The third-order valence-electron chi connectivity index (χ3n) is 3.55. The Morgan fingerprint density at radius 2 is 1.92 bits per heavy atom. The van der Waals surface area contributed by atoms with Gasteiger partial charge in [-0.1, -0.05) is 24.3 Å². The van der Waals surface area contributed by atoms with Crippen molar-refractivity contribution >= 4 is 17.3 Å². The lowest BCUT2D eigenvalue weighted by atomic mass is 10.1. The summed E-state index contributed by atoms with van der Waals surface area (Å²) in [6.45, 7) is 5.18. The van der Waals surface area contributed by atoms with Gasteiger partial charge in [-0.25, -0.2) is 0 Å². The van der Waals surface area contributed by atoms with E-state index in [0.717, 1.165) is 28.3 Å². The Morgan fingerprint density at radius 1 is 1.12 bits per heavy atom. The van der Waals surface area contributed by atoms with Crippen LogP contribution in [0.5, 0.6) is 5.75 Å². The molecular formula is C19H24N2O3. The van der Waals surface area contributed by atoms with Crippen LogP contribution in [0.2, 0.25) is 0 Å². The van der Waals surface area contributed by atoms with Gasteiger partial charge in [0, 0.05) is 37.5 Å². The molecule has 0 aliphatic rings. The number of carbonyl (C=O) groups excluding carboxylic acids is 1. The summed E-state index contributed by atoms with van der Waals surface area (Å²) in [5.74, 6) is 0.767. The second-order valence-electron chi connectivity index (χ2n) is 5.51. The lowest BCUT2D eigenvalue weighted by Crippen LogP contribution is -2.09. The molecule has 0 atom stereocenters. The maximum Gasteiger partial charge on any atom is 0.221 e. The molecule has 0 spiro atoms. The molecule has 0 aliphatic carbocycles. The highest BCUT2D eigenvalue weighted by atomic mass is 16.5. The molecular weight excluding hydrogens is 304 g/mol. The molecule has 2 aromatic carbocycles. The predicted octanol–water partition coefficient (Wildman–Crippen LogP) is 3.59. The van der Waals surface area contributed by atoms with Gasteiger partial charge in [-0.05, 0) is 30.7 Å². The second kappa shape index (κ2) is 8.93. The predicted molar refractivity (Wildman–Crippen MR) is 96.6 cm³/mol. The van der Waals surface area contributed by atoms with Crippen molar-refractivity contribution in [2.45, 2.75) is 20.4 Å². The van der Waals surface area contributed by atoms with Gasteiger partial charge in [0.1, 0.15) is 12.4 Å². The zero-order valence-corrected chi connectivity index (χ0v) is 14.4. The molecule has 0 bridgehead atoms. The topological polar surface area (TPSA) is 59.6 Å². The summed E-state index contributed by atoms with van der Waals surface area (Å²) in [6.07, 6.45) is 0. The standard InChI is InChI=1S/C19H24N2O3/c1-14-8-9-17(12-18(14)21-15(2)22)20-13-16-6-4-5-7-19(16)24-11-10-23-3/h4-9,12,20H,10-11,13H2,1-3H3,(H,21,22). The molecule has 0 aliphatic heterocycles. The van der Waals surface area contributed by atoms with Crippen molar-refractivity contribution in [3.8, 4) is 5.75 Å². The number of hydrogen-bond donors (Lipinski definition) is 2. The monoisotopic (exact) mass is 328 g/mol. The number of methoxy groups -OCH3 is 1. The van der Waals surface area contributed by atoms with Crippen LogP contribution in [0.1, 0.15) is 18.1 Å². The van der Waals surface area contributed by atoms with Gasteiger partial charge in [-0.2, -0.15) is 0 Å². The summed E-state index contributed by atoms with van der Waals surface area (Å²) < 4.78 is 10.8. The van der Waals surface area contributed by atoms with Gasteiger partial charge in [0.05, 0.1) is 6.61 Å². The van der Waals surface area contributed by atoms with E-state index < -0.39 is 0 Å². The van der Waals surface area contributed by atoms with Crippen molar-refractivity contribution in [2.75, 3.05) is 31.0 Å². The molecule has 128 valence electrons. The Bertz CT molecular complexity index is 686. The van der Waals surface area contributed by atoms with E-state index in [1.807, 2.05) is 49.4 Å². The fourth-order valence-corrected chi connectivity index (χ4v) is 2.28. The van der Waals surface area contributed by atoms with Crippen molar-refractivity contribution in [1.82, 2.24) is 0 Å². The first-order valence-electron chi connectivity index (χ1n) is 7.92. The summed E-state index contributed by atoms with van der Waals surface area (Å²) in [5.41, 5.74) is 3.85. The van der Waals surface area contributed by atoms with E-state index >= 15 is 0 Å². The zero-order chi connectivity index (χ0) is 17.4. The molecule has 0 unspecified atom stereocenters. The minimum atomic E-state index is -0.0767. The molecule has 0 fully saturated rings. The summed E-state index contributed by atoms with van der Waals surface area (Å²) in [7, 11) is 1.65. The second-order valence-corrected chi connectivity index (χ2v) is 5.51. The number of hydrogen-bond acceptors (Lipinski definition) is 4. The van der Waals surface area contributed by atoms with Gasteiger partial charge in [-0.15, -0.1) is 0 Å². The van der Waals surface area contributed by atoms with E-state index in [2.05, 4.69) is 10.6 Å². The highest BCUT2D eigenvalue weighted by Gasteiger charge is 2.05. The van der Waals surface area contributed by atoms with E-state index in [1.54, 1.807) is 7.11 Å². The van der Waals surface area contributed by atoms with Crippen molar-refractivity contribution < 1.29 is 14.3 Å². The Labute approximate surface area is 143 Å². The van der Waals surface area contributed by atoms with Gasteiger partial charge < -0.3 is 20.1 Å². The SMILES string of the molecule is COCCOc1ccccc1CNc1ccc(C)c(NC(C)=O)c1. The third kappa shape index (κ3) is 5.28. The van der Waals surface area contributed by atoms with Crippen LogP contribution in [-0.4, -0.2) is 26.2 Å². The van der Waals surface area contributed by atoms with Gasteiger partial charge in [-0.3, -0.25) is 4.79 Å². The fraction of sp³-hybridized carbons (Fsp3) is 0.316. The van der Waals surface area contributed by atoms with E-state index in [0.29, 0.717) is 19.8 Å². The highest BCUT2D eigenvalue weighted by molar-refractivity contribution is 5.90. The van der Waals surface area contributed by atoms with Crippen LogP contribution in [0.25, 0.3) is 0 Å². The molecule has 2 rings (SSSR count). The van der Waals surface area contributed by atoms with Crippen molar-refractivity contribution in [3.63, 3.8) is 0 Å². The maximum absolute atomic E-state index is 11.3. The molecule has 1 amide bonds. The van der Waals surface area contributed by atoms with E-state index in [-0.39, 0.29) is 5.91 Å². The summed E-state index contributed by atoms with van der Waals surface area (Å²) >= 11 is 0. The largest absolute Gasteiger partial charge is 0.491 e. The molecule has 0 heterocycles. The molecule has 5 heteroatoms. The van der Waals surface area contributed by atoms with E-state index in [1.165, 1.54) is 6.92 Å². The number of ether oxygens (including phenoxy) is 2.